The molecule has 2 N–H and O–H groups in total. The van der Waals surface area contributed by atoms with Gasteiger partial charge in [0.1, 0.15) is 5.82 Å². The second-order valence-corrected chi connectivity index (χ2v) is 7.55. The van der Waals surface area contributed by atoms with Crippen molar-refractivity contribution < 1.29 is 8.42 Å². The summed E-state index contributed by atoms with van der Waals surface area (Å²) in [6, 6.07) is 17.1. The van der Waals surface area contributed by atoms with Crippen molar-refractivity contribution in [3.63, 3.8) is 0 Å². The van der Waals surface area contributed by atoms with Crippen LogP contribution in [0.1, 0.15) is 5.56 Å². The highest BCUT2D eigenvalue weighted by Gasteiger charge is 2.13. The Balaban J connectivity index is 1.74. The molecule has 0 saturated carbocycles. The SMILES string of the molecule is Cc1cc(Cl)ccc1Nc1ccc(NS(=O)(=O)c2ccccc2)cn1. The number of halogens is 1. The van der Waals surface area contributed by atoms with Gasteiger partial charge in [-0.1, -0.05) is 29.8 Å². The lowest BCUT2D eigenvalue weighted by Gasteiger charge is -2.11. The van der Waals surface area contributed by atoms with Crippen molar-refractivity contribution in [3.8, 4) is 0 Å². The van der Waals surface area contributed by atoms with E-state index in [1.807, 2.05) is 19.1 Å². The maximum atomic E-state index is 12.3. The monoisotopic (exact) mass is 373 g/mol. The van der Waals surface area contributed by atoms with Crippen LogP contribution in [-0.4, -0.2) is 13.4 Å². The summed E-state index contributed by atoms with van der Waals surface area (Å²) >= 11 is 5.94. The topological polar surface area (TPSA) is 71.1 Å². The van der Waals surface area contributed by atoms with Crippen LogP contribution in [0, 0.1) is 6.92 Å². The normalized spacial score (nSPS) is 11.1. The Bertz CT molecular complexity index is 975. The van der Waals surface area contributed by atoms with Crippen LogP contribution in [0.15, 0.2) is 71.8 Å². The summed E-state index contributed by atoms with van der Waals surface area (Å²) in [7, 11) is -3.62. The minimum absolute atomic E-state index is 0.203. The van der Waals surface area contributed by atoms with Gasteiger partial charge in [-0.25, -0.2) is 13.4 Å². The fourth-order valence-electron chi connectivity index (χ4n) is 2.25. The van der Waals surface area contributed by atoms with E-state index >= 15 is 0 Å². The quantitative estimate of drug-likeness (QED) is 0.686. The molecular weight excluding hydrogens is 358 g/mol. The van der Waals surface area contributed by atoms with Crippen molar-refractivity contribution in [3.05, 3.63) is 77.4 Å². The molecule has 0 aliphatic rings. The molecule has 0 unspecified atom stereocenters. The van der Waals surface area contributed by atoms with Gasteiger partial charge in [0.15, 0.2) is 0 Å². The average Bonchev–Trinajstić information content (AvgIpc) is 2.59. The van der Waals surface area contributed by atoms with Gasteiger partial charge in [-0.3, -0.25) is 4.72 Å². The molecule has 2 aromatic carbocycles. The molecule has 0 bridgehead atoms. The number of aryl methyl sites for hydroxylation is 1. The Hall–Kier alpha value is -2.57. The molecule has 25 heavy (non-hydrogen) atoms. The zero-order valence-electron chi connectivity index (χ0n) is 13.4. The highest BCUT2D eigenvalue weighted by molar-refractivity contribution is 7.92. The van der Waals surface area contributed by atoms with Crippen molar-refractivity contribution in [2.45, 2.75) is 11.8 Å². The van der Waals surface area contributed by atoms with Crippen molar-refractivity contribution in [1.82, 2.24) is 4.98 Å². The minimum Gasteiger partial charge on any atom is -0.340 e. The molecule has 0 aliphatic carbocycles. The van der Waals surface area contributed by atoms with Gasteiger partial charge in [-0.2, -0.15) is 0 Å². The van der Waals surface area contributed by atoms with Gasteiger partial charge in [0.2, 0.25) is 0 Å². The molecule has 7 heteroatoms. The molecule has 128 valence electrons. The van der Waals surface area contributed by atoms with Crippen LogP contribution in [0.3, 0.4) is 0 Å². The summed E-state index contributed by atoms with van der Waals surface area (Å²) in [5, 5.41) is 3.84. The third-order valence-electron chi connectivity index (χ3n) is 3.52. The van der Waals surface area contributed by atoms with Gasteiger partial charge >= 0.3 is 0 Å². The average molecular weight is 374 g/mol. The second kappa shape index (κ2) is 7.13. The summed E-state index contributed by atoms with van der Waals surface area (Å²) in [6.07, 6.45) is 1.47. The van der Waals surface area contributed by atoms with E-state index in [-0.39, 0.29) is 4.90 Å². The maximum absolute atomic E-state index is 12.3. The largest absolute Gasteiger partial charge is 0.340 e. The number of pyridine rings is 1. The maximum Gasteiger partial charge on any atom is 0.261 e. The smallest absolute Gasteiger partial charge is 0.261 e. The number of nitrogens with zero attached hydrogens (tertiary/aromatic N) is 1. The number of aromatic nitrogens is 1. The second-order valence-electron chi connectivity index (χ2n) is 5.43. The van der Waals surface area contributed by atoms with Gasteiger partial charge in [-0.15, -0.1) is 0 Å². The zero-order chi connectivity index (χ0) is 17.9. The lowest BCUT2D eigenvalue weighted by molar-refractivity contribution is 0.601. The fraction of sp³-hybridized carbons (Fsp3) is 0.0556. The van der Waals surface area contributed by atoms with E-state index in [0.717, 1.165) is 11.3 Å². The Morgan fingerprint density at radius 3 is 2.40 bits per heavy atom. The first-order chi connectivity index (χ1) is 11.9. The summed E-state index contributed by atoms with van der Waals surface area (Å²) in [5.41, 5.74) is 2.26. The third kappa shape index (κ3) is 4.29. The molecule has 3 rings (SSSR count). The van der Waals surface area contributed by atoms with E-state index in [0.29, 0.717) is 16.5 Å². The summed E-state index contributed by atoms with van der Waals surface area (Å²) in [5.74, 6) is 0.605. The van der Waals surface area contributed by atoms with E-state index in [1.54, 1.807) is 36.4 Å². The number of hydrogen-bond donors (Lipinski definition) is 2. The van der Waals surface area contributed by atoms with Crippen LogP contribution in [0.25, 0.3) is 0 Å². The van der Waals surface area contributed by atoms with Crippen LogP contribution in [0.2, 0.25) is 5.02 Å². The first-order valence-corrected chi connectivity index (χ1v) is 9.37. The molecule has 0 spiro atoms. The summed E-state index contributed by atoms with van der Waals surface area (Å²) < 4.78 is 27.1. The molecule has 0 aliphatic heterocycles. The number of hydrogen-bond acceptors (Lipinski definition) is 4. The molecule has 0 radical (unpaired) electrons. The number of rotatable bonds is 5. The number of nitrogens with one attached hydrogen (secondary N) is 2. The molecule has 0 atom stereocenters. The summed E-state index contributed by atoms with van der Waals surface area (Å²) in [4.78, 5) is 4.45. The molecule has 1 heterocycles. The van der Waals surface area contributed by atoms with Gasteiger partial charge in [-0.05, 0) is 55.0 Å². The van der Waals surface area contributed by atoms with E-state index in [2.05, 4.69) is 15.0 Å². The lowest BCUT2D eigenvalue weighted by Crippen LogP contribution is -2.13. The molecule has 0 saturated heterocycles. The Morgan fingerprint density at radius 1 is 1.00 bits per heavy atom. The first kappa shape index (κ1) is 17.3. The molecule has 1 aromatic heterocycles. The molecular formula is C18H16ClN3O2S. The standard InChI is InChI=1S/C18H16ClN3O2S/c1-13-11-14(19)7-9-17(13)21-18-10-8-15(12-20-18)22-25(23,24)16-5-3-2-4-6-16/h2-12,22H,1H3,(H,20,21). The van der Waals surface area contributed by atoms with Crippen LogP contribution in [0.5, 0.6) is 0 Å². The van der Waals surface area contributed by atoms with Crippen molar-refractivity contribution in [2.75, 3.05) is 10.0 Å². The fourth-order valence-corrected chi connectivity index (χ4v) is 3.54. The van der Waals surface area contributed by atoms with E-state index in [1.165, 1.54) is 18.3 Å². The predicted octanol–water partition coefficient (Wildman–Crippen LogP) is 4.59. The van der Waals surface area contributed by atoms with Crippen LogP contribution in [0.4, 0.5) is 17.2 Å². The Morgan fingerprint density at radius 2 is 1.76 bits per heavy atom. The molecule has 0 amide bonds. The predicted molar refractivity (Wildman–Crippen MR) is 101 cm³/mol. The van der Waals surface area contributed by atoms with Crippen LogP contribution >= 0.6 is 11.6 Å². The molecule has 5 nitrogen and oxygen atoms in total. The Labute approximate surface area is 151 Å². The number of sulfonamides is 1. The van der Waals surface area contributed by atoms with Crippen LogP contribution in [-0.2, 0) is 10.0 Å². The van der Waals surface area contributed by atoms with E-state index in [4.69, 9.17) is 11.6 Å². The van der Waals surface area contributed by atoms with Gasteiger partial charge in [0.25, 0.3) is 10.0 Å². The van der Waals surface area contributed by atoms with Gasteiger partial charge in [0.05, 0.1) is 16.8 Å². The van der Waals surface area contributed by atoms with Crippen molar-refractivity contribution in [1.29, 1.82) is 0 Å². The third-order valence-corrected chi connectivity index (χ3v) is 5.15. The lowest BCUT2D eigenvalue weighted by atomic mass is 10.2. The van der Waals surface area contributed by atoms with Crippen molar-refractivity contribution >= 4 is 38.8 Å². The number of benzene rings is 2. The first-order valence-electron chi connectivity index (χ1n) is 7.51. The molecule has 0 fully saturated rings. The molecule has 3 aromatic rings. The highest BCUT2D eigenvalue weighted by Crippen LogP contribution is 2.23. The van der Waals surface area contributed by atoms with E-state index in [9.17, 15) is 8.42 Å². The van der Waals surface area contributed by atoms with Gasteiger partial charge < -0.3 is 5.32 Å². The van der Waals surface area contributed by atoms with E-state index < -0.39 is 10.0 Å². The minimum atomic E-state index is -3.62. The van der Waals surface area contributed by atoms with Gasteiger partial charge in [0, 0.05) is 10.7 Å². The number of anilines is 3. The Kier molecular flexibility index (Phi) is 4.92. The zero-order valence-corrected chi connectivity index (χ0v) is 15.0. The highest BCUT2D eigenvalue weighted by atomic mass is 35.5. The van der Waals surface area contributed by atoms with Crippen LogP contribution < -0.4 is 10.0 Å². The summed E-state index contributed by atoms with van der Waals surface area (Å²) in [6.45, 7) is 1.94. The van der Waals surface area contributed by atoms with Crippen molar-refractivity contribution in [2.24, 2.45) is 0 Å².